The minimum absolute atomic E-state index is 0.00245. The number of ether oxygens (including phenoxy) is 23. The lowest BCUT2D eigenvalue weighted by atomic mass is 9.90. The second-order valence-corrected chi connectivity index (χ2v) is 22.5. The summed E-state index contributed by atoms with van der Waals surface area (Å²) in [7, 11) is 0. The van der Waals surface area contributed by atoms with Crippen LogP contribution < -0.4 is 0 Å². The molecule has 11 N–H and O–H groups in total. The molecule has 0 aromatic carbocycles. The van der Waals surface area contributed by atoms with Crippen molar-refractivity contribution < 1.29 is 165 Å². The van der Waals surface area contributed by atoms with Gasteiger partial charge < -0.3 is 165 Å². The van der Waals surface area contributed by atoms with Crippen LogP contribution in [0.4, 0.5) is 0 Å². The van der Waals surface area contributed by atoms with Crippen LogP contribution in [-0.4, -0.2) is 395 Å². The van der Waals surface area contributed by atoms with Crippen molar-refractivity contribution in [1.29, 1.82) is 0 Å². The normalized spacial score (nSPS) is 36.5. The van der Waals surface area contributed by atoms with Crippen LogP contribution >= 0.6 is 0 Å². The Bertz CT molecular complexity index is 1860. The lowest BCUT2D eigenvalue weighted by Crippen LogP contribution is -2.68. The Morgan fingerprint density at radius 2 is 0.596 bits per heavy atom. The molecule has 5 fully saturated rings. The van der Waals surface area contributed by atoms with E-state index >= 15 is 0 Å². The molecule has 0 saturated carbocycles. The molecule has 0 amide bonds. The molecule has 25 unspecified atom stereocenters. The second-order valence-electron chi connectivity index (χ2n) is 22.5. The average molecular weight is 1380 g/mol. The molecule has 0 bridgehead atoms. The van der Waals surface area contributed by atoms with Crippen LogP contribution in [0.3, 0.4) is 0 Å². The van der Waals surface area contributed by atoms with E-state index in [0.29, 0.717) is 33.0 Å². The maximum Gasteiger partial charge on any atom is 0.187 e. The molecular weight excluding hydrogens is 1260 g/mol. The van der Waals surface area contributed by atoms with Crippen molar-refractivity contribution in [2.24, 2.45) is 5.92 Å². The summed E-state index contributed by atoms with van der Waals surface area (Å²) in [6.45, 7) is 11.5. The van der Waals surface area contributed by atoms with E-state index in [-0.39, 0.29) is 152 Å². The van der Waals surface area contributed by atoms with E-state index in [2.05, 4.69) is 0 Å². The third kappa shape index (κ3) is 26.5. The van der Waals surface area contributed by atoms with Crippen molar-refractivity contribution in [1.82, 2.24) is 0 Å². The summed E-state index contributed by atoms with van der Waals surface area (Å²) in [5.41, 5.74) is 0. The average Bonchev–Trinajstić information content (AvgIpc) is 0.780. The molecule has 5 heterocycles. The van der Waals surface area contributed by atoms with Crippen LogP contribution in [0.2, 0.25) is 0 Å². The van der Waals surface area contributed by atoms with Gasteiger partial charge in [-0.05, 0) is 34.6 Å². The number of rotatable bonds is 51. The summed E-state index contributed by atoms with van der Waals surface area (Å²) in [5, 5.41) is 123. The summed E-state index contributed by atoms with van der Waals surface area (Å²) in [6.07, 6.45) is -35.6. The third-order valence-electron chi connectivity index (χ3n) is 15.9. The van der Waals surface area contributed by atoms with Gasteiger partial charge in [-0.1, -0.05) is 6.92 Å². The van der Waals surface area contributed by atoms with Gasteiger partial charge in [-0.15, -0.1) is 0 Å². The zero-order chi connectivity index (χ0) is 68.2. The van der Waals surface area contributed by atoms with E-state index < -0.39 is 160 Å². The Morgan fingerprint density at radius 3 is 1.04 bits per heavy atom. The Kier molecular flexibility index (Phi) is 42.3. The predicted molar refractivity (Wildman–Crippen MR) is 319 cm³/mol. The van der Waals surface area contributed by atoms with Gasteiger partial charge in [0.05, 0.1) is 183 Å². The fraction of sp³-hybridized carbons (Fsp3) is 1.00. The first-order valence-corrected chi connectivity index (χ1v) is 32.9. The van der Waals surface area contributed by atoms with E-state index in [9.17, 15) is 56.2 Å². The van der Waals surface area contributed by atoms with Gasteiger partial charge in [0.2, 0.25) is 0 Å². The van der Waals surface area contributed by atoms with Crippen LogP contribution in [0.5, 0.6) is 0 Å². The van der Waals surface area contributed by atoms with Crippen LogP contribution in [0.1, 0.15) is 41.5 Å². The Morgan fingerprint density at radius 1 is 0.266 bits per heavy atom. The van der Waals surface area contributed by atoms with Gasteiger partial charge in [0.1, 0.15) is 104 Å². The highest BCUT2D eigenvalue weighted by atomic mass is 16.8. The Labute approximate surface area is 550 Å². The smallest absolute Gasteiger partial charge is 0.187 e. The molecule has 34 heteroatoms. The molecule has 0 aromatic rings. The Balaban J connectivity index is 1.39. The van der Waals surface area contributed by atoms with Crippen molar-refractivity contribution in [2.75, 3.05) is 192 Å². The molecule has 25 atom stereocenters. The van der Waals surface area contributed by atoms with Crippen LogP contribution in [0.15, 0.2) is 0 Å². The lowest BCUT2D eigenvalue weighted by molar-refractivity contribution is -0.394. The second kappa shape index (κ2) is 47.7. The molecule has 5 aliphatic rings. The molecule has 0 aromatic heterocycles. The number of aliphatic hydroxyl groups is 11. The minimum Gasteiger partial charge on any atom is -0.394 e. The number of hydrogen-bond donors (Lipinski definition) is 11. The molecule has 5 saturated heterocycles. The largest absolute Gasteiger partial charge is 0.394 e. The lowest BCUT2D eigenvalue weighted by Gasteiger charge is -2.50. The molecule has 0 aliphatic carbocycles. The summed E-state index contributed by atoms with van der Waals surface area (Å²) in [6, 6.07) is 0. The van der Waals surface area contributed by atoms with Gasteiger partial charge in [-0.2, -0.15) is 0 Å². The van der Waals surface area contributed by atoms with Crippen molar-refractivity contribution in [3.8, 4) is 0 Å². The highest BCUT2D eigenvalue weighted by molar-refractivity contribution is 5.00. The molecule has 5 rings (SSSR count). The first kappa shape index (κ1) is 83.3. The standard InChI is InChI=1S/C60H112O34/c1-7-72-17-20-78-22-26-79-32-39-36(5)50(84-29-27-76-15-12-62)49(71)59(88-39)93-55-42(35-81-24-19-74-9-3)90-60(56(48(55)70)85-30-28-77-16-13-63)94-52-38(31-64)87-57(45(67)43(52)65)91-53-41(34-82-25-21-75-14-11-61)89-58(46(68)44(53)66)92-54-40(33-80-23-18-73-8-2)86-37(6)51(47(54)69)83-10-4/h36-71H,7-35H2,1-6H3. The van der Waals surface area contributed by atoms with E-state index in [1.165, 1.54) is 0 Å². The van der Waals surface area contributed by atoms with Gasteiger partial charge >= 0.3 is 0 Å². The van der Waals surface area contributed by atoms with Crippen LogP contribution in [0.25, 0.3) is 0 Å². The van der Waals surface area contributed by atoms with Gasteiger partial charge in [0.25, 0.3) is 0 Å². The van der Waals surface area contributed by atoms with E-state index in [1.54, 1.807) is 27.7 Å². The zero-order valence-corrected chi connectivity index (χ0v) is 55.2. The predicted octanol–water partition coefficient (Wildman–Crippen LogP) is -5.24. The van der Waals surface area contributed by atoms with Crippen molar-refractivity contribution in [2.45, 2.75) is 189 Å². The highest BCUT2D eigenvalue weighted by Gasteiger charge is 2.57. The molecule has 34 nitrogen and oxygen atoms in total. The quantitative estimate of drug-likeness (QED) is 0.0254. The van der Waals surface area contributed by atoms with E-state index in [4.69, 9.17) is 109 Å². The molecular formula is C60H112O34. The molecule has 0 spiro atoms. The number of hydrogen-bond acceptors (Lipinski definition) is 34. The van der Waals surface area contributed by atoms with Crippen molar-refractivity contribution in [3.05, 3.63) is 0 Å². The van der Waals surface area contributed by atoms with Crippen LogP contribution in [0, 0.1) is 5.92 Å². The third-order valence-corrected chi connectivity index (χ3v) is 15.9. The van der Waals surface area contributed by atoms with Crippen LogP contribution in [-0.2, 0) is 109 Å². The fourth-order valence-corrected chi connectivity index (χ4v) is 11.1. The molecule has 94 heavy (non-hydrogen) atoms. The Hall–Kier alpha value is -1.36. The first-order chi connectivity index (χ1) is 45.6. The van der Waals surface area contributed by atoms with Gasteiger partial charge in [0.15, 0.2) is 25.2 Å². The van der Waals surface area contributed by atoms with Gasteiger partial charge in [-0.25, -0.2) is 0 Å². The minimum atomic E-state index is -2.07. The topological polar surface area (TPSA) is 435 Å². The monoisotopic (exact) mass is 1380 g/mol. The van der Waals surface area contributed by atoms with Crippen molar-refractivity contribution in [3.63, 3.8) is 0 Å². The zero-order valence-electron chi connectivity index (χ0n) is 55.2. The summed E-state index contributed by atoms with van der Waals surface area (Å²) < 4.78 is 137. The SMILES string of the molecule is CCOCCOCCOCC1OC(OC2C(COCCOCC)OC(OC3C(CO)OC(OC4C(COCCOCCO)OC(OC5C(COCCOCC)OC(C)C(OCC)C5O)C(O)C4O)C(O)C3O)C(OCCOCCO)C2O)C(O)C(OCCOCCO)C1C. The van der Waals surface area contributed by atoms with E-state index in [1.807, 2.05) is 13.8 Å². The first-order valence-electron chi connectivity index (χ1n) is 32.9. The van der Waals surface area contributed by atoms with Crippen molar-refractivity contribution >= 4 is 0 Å². The summed E-state index contributed by atoms with van der Waals surface area (Å²) in [5.74, 6) is -0.509. The maximum absolute atomic E-state index is 12.6. The summed E-state index contributed by atoms with van der Waals surface area (Å²) in [4.78, 5) is 0. The van der Waals surface area contributed by atoms with E-state index in [0.717, 1.165) is 0 Å². The maximum atomic E-state index is 12.6. The molecule has 556 valence electrons. The van der Waals surface area contributed by atoms with Gasteiger partial charge in [0, 0.05) is 32.3 Å². The molecule has 0 radical (unpaired) electrons. The van der Waals surface area contributed by atoms with Gasteiger partial charge in [-0.3, -0.25) is 0 Å². The fourth-order valence-electron chi connectivity index (χ4n) is 11.1. The number of aliphatic hydroxyl groups excluding tert-OH is 11. The highest BCUT2D eigenvalue weighted by Crippen LogP contribution is 2.38. The summed E-state index contributed by atoms with van der Waals surface area (Å²) >= 11 is 0. The molecule has 5 aliphatic heterocycles.